The summed E-state index contributed by atoms with van der Waals surface area (Å²) < 4.78 is 11.7. The minimum atomic E-state index is -0.0415. The highest BCUT2D eigenvalue weighted by Crippen LogP contribution is 2.30. The third-order valence-corrected chi connectivity index (χ3v) is 3.84. The molecule has 1 unspecified atom stereocenters. The summed E-state index contributed by atoms with van der Waals surface area (Å²) in [5.41, 5.74) is 5.02. The Bertz CT molecular complexity index is 605. The van der Waals surface area contributed by atoms with Crippen LogP contribution in [0.3, 0.4) is 0 Å². The number of hydrogen-bond acceptors (Lipinski definition) is 4. The molecule has 0 saturated heterocycles. The van der Waals surface area contributed by atoms with Crippen LogP contribution in [0.5, 0.6) is 11.5 Å². The van der Waals surface area contributed by atoms with Crippen LogP contribution in [0.4, 0.5) is 0 Å². The highest BCUT2D eigenvalue weighted by Gasteiger charge is 2.16. The van der Waals surface area contributed by atoms with E-state index in [1.165, 1.54) is 0 Å². The Labute approximate surface area is 133 Å². The van der Waals surface area contributed by atoms with Crippen LogP contribution >= 0.6 is 15.9 Å². The fraction of sp³-hybridized carbons (Fsp3) is 0.250. The minimum Gasteiger partial charge on any atom is -0.497 e. The van der Waals surface area contributed by atoms with Gasteiger partial charge in [0, 0.05) is 10.0 Å². The van der Waals surface area contributed by atoms with E-state index in [0.717, 1.165) is 33.5 Å². The van der Waals surface area contributed by atoms with Crippen LogP contribution in [0, 0.1) is 0 Å². The molecule has 0 amide bonds. The molecule has 4 nitrogen and oxygen atoms in total. The topological polar surface area (TPSA) is 56.5 Å². The van der Waals surface area contributed by atoms with Gasteiger partial charge in [-0.05, 0) is 36.2 Å². The molecule has 0 heterocycles. The maximum absolute atomic E-state index is 5.74. The van der Waals surface area contributed by atoms with Crippen LogP contribution in [0.1, 0.15) is 17.2 Å². The number of nitrogens with one attached hydrogen (secondary N) is 1. The van der Waals surface area contributed by atoms with E-state index in [9.17, 15) is 0 Å². The van der Waals surface area contributed by atoms with E-state index in [4.69, 9.17) is 15.3 Å². The van der Waals surface area contributed by atoms with Crippen LogP contribution in [-0.2, 0) is 6.42 Å². The Morgan fingerprint density at radius 2 is 1.95 bits per heavy atom. The maximum Gasteiger partial charge on any atom is 0.124 e. The summed E-state index contributed by atoms with van der Waals surface area (Å²) in [5, 5.41) is 0. The largest absolute Gasteiger partial charge is 0.497 e. The second kappa shape index (κ2) is 7.45. The van der Waals surface area contributed by atoms with Gasteiger partial charge in [0.2, 0.25) is 0 Å². The fourth-order valence-corrected chi connectivity index (χ4v) is 2.61. The van der Waals surface area contributed by atoms with E-state index in [1.54, 1.807) is 14.2 Å². The van der Waals surface area contributed by atoms with Crippen LogP contribution < -0.4 is 20.7 Å². The molecule has 0 aliphatic carbocycles. The van der Waals surface area contributed by atoms with E-state index in [-0.39, 0.29) is 6.04 Å². The molecule has 3 N–H and O–H groups in total. The number of hydrazine groups is 1. The molecule has 0 spiro atoms. The first kappa shape index (κ1) is 15.8. The quantitative estimate of drug-likeness (QED) is 0.620. The van der Waals surface area contributed by atoms with E-state index < -0.39 is 0 Å². The molecule has 5 heteroatoms. The number of ether oxygens (including phenoxy) is 2. The highest BCUT2D eigenvalue weighted by atomic mass is 79.9. The number of rotatable bonds is 6. The lowest BCUT2D eigenvalue weighted by molar-refractivity contribution is 0.398. The van der Waals surface area contributed by atoms with Gasteiger partial charge in [-0.15, -0.1) is 0 Å². The van der Waals surface area contributed by atoms with Gasteiger partial charge in [-0.1, -0.05) is 34.1 Å². The van der Waals surface area contributed by atoms with Gasteiger partial charge in [-0.2, -0.15) is 0 Å². The van der Waals surface area contributed by atoms with Gasteiger partial charge in [0.05, 0.1) is 20.3 Å². The summed E-state index contributed by atoms with van der Waals surface area (Å²) >= 11 is 3.45. The molecule has 2 aromatic carbocycles. The molecule has 2 rings (SSSR count). The van der Waals surface area contributed by atoms with Crippen LogP contribution in [0.15, 0.2) is 46.9 Å². The number of benzene rings is 2. The molecule has 0 radical (unpaired) electrons. The molecule has 0 aliphatic heterocycles. The molecule has 0 aliphatic rings. The van der Waals surface area contributed by atoms with Gasteiger partial charge in [0.25, 0.3) is 0 Å². The van der Waals surface area contributed by atoms with Crippen LogP contribution in [0.25, 0.3) is 0 Å². The number of methoxy groups -OCH3 is 2. The third-order valence-electron chi connectivity index (χ3n) is 3.35. The molecule has 112 valence electrons. The van der Waals surface area contributed by atoms with Crippen molar-refractivity contribution in [1.29, 1.82) is 0 Å². The fourth-order valence-electron chi connectivity index (χ4n) is 2.27. The number of halogens is 1. The Kier molecular flexibility index (Phi) is 5.61. The molecule has 0 bridgehead atoms. The van der Waals surface area contributed by atoms with E-state index in [1.807, 2.05) is 36.4 Å². The Hall–Kier alpha value is -1.56. The zero-order valence-corrected chi connectivity index (χ0v) is 13.7. The second-order valence-corrected chi connectivity index (χ2v) is 5.58. The Balaban J connectivity index is 2.27. The lowest BCUT2D eigenvalue weighted by atomic mass is 9.98. The van der Waals surface area contributed by atoms with Crippen molar-refractivity contribution in [2.75, 3.05) is 14.2 Å². The van der Waals surface area contributed by atoms with Gasteiger partial charge in [0.1, 0.15) is 11.5 Å². The van der Waals surface area contributed by atoms with Crippen molar-refractivity contribution in [2.45, 2.75) is 12.5 Å². The van der Waals surface area contributed by atoms with Crippen molar-refractivity contribution < 1.29 is 9.47 Å². The molecule has 2 aromatic rings. The van der Waals surface area contributed by atoms with Crippen molar-refractivity contribution in [1.82, 2.24) is 5.43 Å². The molecule has 21 heavy (non-hydrogen) atoms. The van der Waals surface area contributed by atoms with Gasteiger partial charge in [0.15, 0.2) is 0 Å². The zero-order chi connectivity index (χ0) is 15.2. The first-order chi connectivity index (χ1) is 10.2. The molecule has 1 atom stereocenters. The summed E-state index contributed by atoms with van der Waals surface area (Å²) in [7, 11) is 3.32. The molecular formula is C16H19BrN2O2. The summed E-state index contributed by atoms with van der Waals surface area (Å²) in [5.74, 6) is 7.38. The first-order valence-electron chi connectivity index (χ1n) is 6.60. The normalized spacial score (nSPS) is 12.0. The van der Waals surface area contributed by atoms with Gasteiger partial charge >= 0.3 is 0 Å². The lowest BCUT2D eigenvalue weighted by Gasteiger charge is -2.19. The lowest BCUT2D eigenvalue weighted by Crippen LogP contribution is -2.29. The summed E-state index contributed by atoms with van der Waals surface area (Å²) in [4.78, 5) is 0. The average molecular weight is 351 g/mol. The number of hydrogen-bond donors (Lipinski definition) is 2. The minimum absolute atomic E-state index is 0.0415. The van der Waals surface area contributed by atoms with Crippen molar-refractivity contribution in [3.8, 4) is 11.5 Å². The van der Waals surface area contributed by atoms with Crippen molar-refractivity contribution in [3.63, 3.8) is 0 Å². The summed E-state index contributed by atoms with van der Waals surface area (Å²) in [6.45, 7) is 0. The molecule has 0 saturated carbocycles. The van der Waals surface area contributed by atoms with Crippen molar-refractivity contribution in [2.24, 2.45) is 5.84 Å². The third kappa shape index (κ3) is 3.97. The standard InChI is InChI=1S/C16H19BrN2O2/c1-20-13-5-3-4-11(8-13)9-15(19-18)14-7-6-12(17)10-16(14)21-2/h3-8,10,15,19H,9,18H2,1-2H3. The predicted molar refractivity (Wildman–Crippen MR) is 87.5 cm³/mol. The van der Waals surface area contributed by atoms with Gasteiger partial charge in [-0.3, -0.25) is 11.3 Å². The monoisotopic (exact) mass is 350 g/mol. The zero-order valence-electron chi connectivity index (χ0n) is 12.1. The summed E-state index contributed by atoms with van der Waals surface area (Å²) in [6, 6.07) is 13.8. The predicted octanol–water partition coefficient (Wildman–Crippen LogP) is 3.21. The van der Waals surface area contributed by atoms with Crippen LogP contribution in [0.2, 0.25) is 0 Å². The Morgan fingerprint density at radius 1 is 1.14 bits per heavy atom. The molecule has 0 fully saturated rings. The van der Waals surface area contributed by atoms with Crippen LogP contribution in [-0.4, -0.2) is 14.2 Å². The van der Waals surface area contributed by atoms with E-state index in [0.29, 0.717) is 0 Å². The average Bonchev–Trinajstić information content (AvgIpc) is 2.53. The van der Waals surface area contributed by atoms with Gasteiger partial charge in [-0.25, -0.2) is 0 Å². The molecular weight excluding hydrogens is 332 g/mol. The molecule has 0 aromatic heterocycles. The maximum atomic E-state index is 5.74. The Morgan fingerprint density at radius 3 is 2.62 bits per heavy atom. The van der Waals surface area contributed by atoms with E-state index in [2.05, 4.69) is 27.4 Å². The van der Waals surface area contributed by atoms with E-state index >= 15 is 0 Å². The number of nitrogens with two attached hydrogens (primary N) is 1. The first-order valence-corrected chi connectivity index (χ1v) is 7.39. The summed E-state index contributed by atoms with van der Waals surface area (Å²) in [6.07, 6.45) is 0.742. The van der Waals surface area contributed by atoms with Gasteiger partial charge < -0.3 is 9.47 Å². The SMILES string of the molecule is COc1cccc(CC(NN)c2ccc(Br)cc2OC)c1. The van der Waals surface area contributed by atoms with Crippen molar-refractivity contribution in [3.05, 3.63) is 58.1 Å². The second-order valence-electron chi connectivity index (χ2n) is 4.66. The smallest absolute Gasteiger partial charge is 0.124 e. The highest BCUT2D eigenvalue weighted by molar-refractivity contribution is 9.10. The van der Waals surface area contributed by atoms with Crippen molar-refractivity contribution >= 4 is 15.9 Å².